The number of rotatable bonds is 13. The summed E-state index contributed by atoms with van der Waals surface area (Å²) in [5.74, 6) is -1.26. The minimum absolute atomic E-state index is 0.0106. The smallest absolute Gasteiger partial charge is 0.264 e. The standard InChI is InChI=1S/C37H40FN3O4S/c1-2-30-15-9-12-20-34(30)41(46(44,45)33-18-7-4-8-19-33)27-36(42)40(26-29-21-23-31(38)24-22-29)35(25-28-13-5-3-6-14-28)37(43)39-32-16-10-11-17-32/h3-9,12-15,18-24,32,35H,2,10-11,16-17,25-27H2,1H3,(H,39,43)/t35-/m1/s1. The number of carbonyl (C=O) groups excluding carboxylic acids is 2. The zero-order valence-electron chi connectivity index (χ0n) is 26.0. The highest BCUT2D eigenvalue weighted by Gasteiger charge is 2.36. The Morgan fingerprint density at radius 2 is 1.43 bits per heavy atom. The first-order valence-electron chi connectivity index (χ1n) is 15.8. The fraction of sp³-hybridized carbons (Fsp3) is 0.297. The highest BCUT2D eigenvalue weighted by Crippen LogP contribution is 2.29. The lowest BCUT2D eigenvalue weighted by Crippen LogP contribution is -2.54. The summed E-state index contributed by atoms with van der Waals surface area (Å²) in [5.41, 5.74) is 2.64. The van der Waals surface area contributed by atoms with Crippen molar-refractivity contribution in [1.29, 1.82) is 0 Å². The van der Waals surface area contributed by atoms with E-state index in [9.17, 15) is 22.4 Å². The fourth-order valence-electron chi connectivity index (χ4n) is 5.99. The highest BCUT2D eigenvalue weighted by atomic mass is 32.2. The average Bonchev–Trinajstić information content (AvgIpc) is 3.59. The fourth-order valence-corrected chi connectivity index (χ4v) is 7.47. The second-order valence-corrected chi connectivity index (χ2v) is 13.5. The molecule has 0 aliphatic heterocycles. The van der Waals surface area contributed by atoms with Crippen molar-refractivity contribution in [2.45, 2.75) is 69.0 Å². The zero-order chi connectivity index (χ0) is 32.5. The summed E-state index contributed by atoms with van der Waals surface area (Å²) in [6.45, 7) is 1.39. The van der Waals surface area contributed by atoms with Crippen molar-refractivity contribution in [2.75, 3.05) is 10.8 Å². The van der Waals surface area contributed by atoms with E-state index in [0.717, 1.165) is 41.1 Å². The second-order valence-electron chi connectivity index (χ2n) is 11.7. The molecular formula is C37H40FN3O4S. The number of benzene rings is 4. The molecule has 9 heteroatoms. The quantitative estimate of drug-likeness (QED) is 0.186. The molecule has 0 saturated heterocycles. The number of nitrogens with one attached hydrogen (secondary N) is 1. The van der Waals surface area contributed by atoms with Crippen LogP contribution in [0.15, 0.2) is 114 Å². The van der Waals surface area contributed by atoms with E-state index in [1.54, 1.807) is 42.5 Å². The van der Waals surface area contributed by atoms with E-state index in [2.05, 4.69) is 5.32 Å². The van der Waals surface area contributed by atoms with Gasteiger partial charge in [-0.2, -0.15) is 0 Å². The van der Waals surface area contributed by atoms with Gasteiger partial charge in [-0.3, -0.25) is 13.9 Å². The molecule has 0 spiro atoms. The van der Waals surface area contributed by atoms with E-state index >= 15 is 0 Å². The van der Waals surface area contributed by atoms with Crippen LogP contribution in [0.1, 0.15) is 49.3 Å². The number of halogens is 1. The van der Waals surface area contributed by atoms with Gasteiger partial charge in [-0.15, -0.1) is 0 Å². The van der Waals surface area contributed by atoms with Gasteiger partial charge in [-0.25, -0.2) is 12.8 Å². The first kappa shape index (κ1) is 32.9. The zero-order valence-corrected chi connectivity index (χ0v) is 26.8. The van der Waals surface area contributed by atoms with Crippen molar-refractivity contribution in [3.8, 4) is 0 Å². The lowest BCUT2D eigenvalue weighted by molar-refractivity contribution is -0.140. The van der Waals surface area contributed by atoms with Gasteiger partial charge in [0.05, 0.1) is 10.6 Å². The molecule has 5 rings (SSSR count). The molecule has 7 nitrogen and oxygen atoms in total. The molecule has 2 amide bonds. The number of sulfonamides is 1. The number of anilines is 1. The molecule has 1 atom stereocenters. The van der Waals surface area contributed by atoms with Gasteiger partial charge in [0.15, 0.2) is 0 Å². The van der Waals surface area contributed by atoms with Crippen LogP contribution in [0.25, 0.3) is 0 Å². The van der Waals surface area contributed by atoms with E-state index in [1.165, 1.54) is 29.2 Å². The van der Waals surface area contributed by atoms with Crippen LogP contribution in [0.5, 0.6) is 0 Å². The number of amides is 2. The molecule has 4 aromatic carbocycles. The Hall–Kier alpha value is -4.50. The average molecular weight is 642 g/mol. The minimum Gasteiger partial charge on any atom is -0.352 e. The van der Waals surface area contributed by atoms with E-state index < -0.39 is 34.3 Å². The highest BCUT2D eigenvalue weighted by molar-refractivity contribution is 7.92. The summed E-state index contributed by atoms with van der Waals surface area (Å²) < 4.78 is 43.5. The van der Waals surface area contributed by atoms with Crippen LogP contribution >= 0.6 is 0 Å². The number of hydrogen-bond acceptors (Lipinski definition) is 4. The first-order valence-corrected chi connectivity index (χ1v) is 17.2. The molecule has 1 aliphatic rings. The predicted molar refractivity (Wildman–Crippen MR) is 178 cm³/mol. The van der Waals surface area contributed by atoms with Crippen molar-refractivity contribution >= 4 is 27.5 Å². The molecule has 0 aromatic heterocycles. The van der Waals surface area contributed by atoms with Crippen molar-refractivity contribution in [3.05, 3.63) is 132 Å². The number of para-hydroxylation sites is 1. The molecule has 46 heavy (non-hydrogen) atoms. The van der Waals surface area contributed by atoms with Crippen LogP contribution in [0, 0.1) is 5.82 Å². The molecule has 1 saturated carbocycles. The summed E-state index contributed by atoms with van der Waals surface area (Å²) in [6.07, 6.45) is 4.55. The van der Waals surface area contributed by atoms with Crippen LogP contribution in [0.4, 0.5) is 10.1 Å². The van der Waals surface area contributed by atoms with E-state index in [4.69, 9.17) is 0 Å². The summed E-state index contributed by atoms with van der Waals surface area (Å²) in [6, 6.07) is 29.4. The number of carbonyl (C=O) groups is 2. The summed E-state index contributed by atoms with van der Waals surface area (Å²) in [4.78, 5) is 30.2. The Kier molecular flexibility index (Phi) is 10.9. The van der Waals surface area contributed by atoms with Gasteiger partial charge in [0.1, 0.15) is 18.4 Å². The predicted octanol–water partition coefficient (Wildman–Crippen LogP) is 6.28. The van der Waals surface area contributed by atoms with E-state index in [-0.39, 0.29) is 29.8 Å². The Bertz CT molecular complexity index is 1710. The van der Waals surface area contributed by atoms with Crippen LogP contribution < -0.4 is 9.62 Å². The van der Waals surface area contributed by atoms with Crippen molar-refractivity contribution < 1.29 is 22.4 Å². The molecule has 1 aliphatic carbocycles. The minimum atomic E-state index is -4.18. The molecule has 1 N–H and O–H groups in total. The first-order chi connectivity index (χ1) is 22.3. The molecule has 0 radical (unpaired) electrons. The SMILES string of the molecule is CCc1ccccc1N(CC(=O)N(Cc1ccc(F)cc1)[C@H](Cc1ccccc1)C(=O)NC1CCCC1)S(=O)(=O)c1ccccc1. The Balaban J connectivity index is 1.58. The third-order valence-electron chi connectivity index (χ3n) is 8.49. The van der Waals surface area contributed by atoms with Gasteiger partial charge in [-0.1, -0.05) is 98.6 Å². The topological polar surface area (TPSA) is 86.8 Å². The van der Waals surface area contributed by atoms with Gasteiger partial charge >= 0.3 is 0 Å². The maximum atomic E-state index is 14.6. The summed E-state index contributed by atoms with van der Waals surface area (Å²) in [7, 11) is -4.18. The lowest BCUT2D eigenvalue weighted by Gasteiger charge is -2.34. The van der Waals surface area contributed by atoms with Crippen molar-refractivity contribution in [3.63, 3.8) is 0 Å². The lowest BCUT2D eigenvalue weighted by atomic mass is 10.0. The Morgan fingerprint density at radius 1 is 0.826 bits per heavy atom. The number of hydrogen-bond donors (Lipinski definition) is 1. The normalized spacial score (nSPS) is 14.0. The van der Waals surface area contributed by atoms with Gasteiger partial charge in [0.25, 0.3) is 10.0 Å². The molecule has 0 bridgehead atoms. The third kappa shape index (κ3) is 8.01. The van der Waals surface area contributed by atoms with E-state index in [1.807, 2.05) is 49.4 Å². The summed E-state index contributed by atoms with van der Waals surface area (Å²) >= 11 is 0. The van der Waals surface area contributed by atoms with E-state index in [0.29, 0.717) is 17.7 Å². The van der Waals surface area contributed by atoms with Crippen LogP contribution in [-0.2, 0) is 39.0 Å². The van der Waals surface area contributed by atoms with Crippen molar-refractivity contribution in [1.82, 2.24) is 10.2 Å². The molecule has 0 unspecified atom stereocenters. The van der Waals surface area contributed by atoms with Gasteiger partial charge < -0.3 is 10.2 Å². The molecule has 1 fully saturated rings. The Labute approximate surface area is 271 Å². The van der Waals surface area contributed by atoms with Gasteiger partial charge in [-0.05, 0) is 66.3 Å². The van der Waals surface area contributed by atoms with Crippen LogP contribution in [0.3, 0.4) is 0 Å². The molecule has 240 valence electrons. The molecule has 4 aromatic rings. The van der Waals surface area contributed by atoms with Crippen LogP contribution in [-0.4, -0.2) is 43.8 Å². The monoisotopic (exact) mass is 641 g/mol. The molecule has 0 heterocycles. The van der Waals surface area contributed by atoms with Gasteiger partial charge in [0.2, 0.25) is 11.8 Å². The van der Waals surface area contributed by atoms with Crippen molar-refractivity contribution in [2.24, 2.45) is 0 Å². The second kappa shape index (κ2) is 15.2. The maximum Gasteiger partial charge on any atom is 0.264 e. The van der Waals surface area contributed by atoms with Gasteiger partial charge in [0, 0.05) is 19.0 Å². The third-order valence-corrected chi connectivity index (χ3v) is 10.3. The largest absolute Gasteiger partial charge is 0.352 e. The summed E-state index contributed by atoms with van der Waals surface area (Å²) in [5, 5.41) is 3.16. The maximum absolute atomic E-state index is 14.6. The number of nitrogens with zero attached hydrogens (tertiary/aromatic N) is 2. The van der Waals surface area contributed by atoms with Crippen LogP contribution in [0.2, 0.25) is 0 Å². The Morgan fingerprint density at radius 3 is 2.09 bits per heavy atom. The molecular weight excluding hydrogens is 601 g/mol. The number of aryl methyl sites for hydroxylation is 1.